The average molecular weight is 374 g/mol. The fraction of sp³-hybridized carbons (Fsp3) is 0.391. The number of hydrogen-bond acceptors (Lipinski definition) is 4. The SMILES string of the molecule is c1ccc(-n2cc(CN3C[C@@H]4CC[C@H]3CN(Cc3cccnc3)C4)cn2)cc1. The van der Waals surface area contributed by atoms with Gasteiger partial charge in [0.2, 0.25) is 0 Å². The molecule has 3 aliphatic heterocycles. The van der Waals surface area contributed by atoms with Gasteiger partial charge in [0, 0.05) is 62.9 Å². The van der Waals surface area contributed by atoms with Crippen LogP contribution >= 0.6 is 0 Å². The van der Waals surface area contributed by atoms with E-state index in [4.69, 9.17) is 0 Å². The van der Waals surface area contributed by atoms with Crippen LogP contribution in [0.2, 0.25) is 0 Å². The normalized spacial score (nSPS) is 23.0. The van der Waals surface area contributed by atoms with Gasteiger partial charge in [-0.1, -0.05) is 24.3 Å². The Bertz CT molecular complexity index is 892. The lowest BCUT2D eigenvalue weighted by atomic mass is 9.95. The summed E-state index contributed by atoms with van der Waals surface area (Å²) >= 11 is 0. The van der Waals surface area contributed by atoms with Gasteiger partial charge in [-0.05, 0) is 42.5 Å². The molecule has 3 aliphatic rings. The predicted molar refractivity (Wildman–Crippen MR) is 110 cm³/mol. The van der Waals surface area contributed by atoms with E-state index in [0.717, 1.165) is 31.2 Å². The highest BCUT2D eigenvalue weighted by Crippen LogP contribution is 2.30. The average Bonchev–Trinajstić information content (AvgIpc) is 3.03. The summed E-state index contributed by atoms with van der Waals surface area (Å²) in [4.78, 5) is 9.59. The molecule has 6 rings (SSSR count). The van der Waals surface area contributed by atoms with E-state index in [0.29, 0.717) is 6.04 Å². The molecule has 2 atom stereocenters. The molecule has 0 aliphatic carbocycles. The number of pyridine rings is 1. The van der Waals surface area contributed by atoms with Gasteiger partial charge in [-0.2, -0.15) is 5.10 Å². The Hall–Kier alpha value is -2.50. The molecule has 2 bridgehead atoms. The third-order valence-corrected chi connectivity index (χ3v) is 6.07. The molecule has 144 valence electrons. The lowest BCUT2D eigenvalue weighted by molar-refractivity contribution is 0.123. The van der Waals surface area contributed by atoms with Gasteiger partial charge >= 0.3 is 0 Å². The van der Waals surface area contributed by atoms with Crippen LogP contribution < -0.4 is 0 Å². The molecule has 0 radical (unpaired) electrons. The van der Waals surface area contributed by atoms with Crippen LogP contribution in [-0.2, 0) is 13.1 Å². The van der Waals surface area contributed by atoms with E-state index in [1.807, 2.05) is 35.4 Å². The summed E-state index contributed by atoms with van der Waals surface area (Å²) < 4.78 is 1.99. The van der Waals surface area contributed by atoms with Crippen molar-refractivity contribution in [1.29, 1.82) is 0 Å². The summed E-state index contributed by atoms with van der Waals surface area (Å²) in [5.41, 5.74) is 3.74. The molecule has 1 aromatic carbocycles. The topological polar surface area (TPSA) is 37.2 Å². The maximum atomic E-state index is 4.58. The second kappa shape index (κ2) is 7.86. The molecule has 3 saturated heterocycles. The highest BCUT2D eigenvalue weighted by atomic mass is 15.3. The Labute approximate surface area is 166 Å². The molecule has 28 heavy (non-hydrogen) atoms. The van der Waals surface area contributed by atoms with Crippen molar-refractivity contribution in [2.75, 3.05) is 19.6 Å². The molecule has 3 aromatic rings. The van der Waals surface area contributed by atoms with E-state index >= 15 is 0 Å². The number of hydrogen-bond donors (Lipinski definition) is 0. The van der Waals surface area contributed by atoms with E-state index in [-0.39, 0.29) is 0 Å². The second-order valence-corrected chi connectivity index (χ2v) is 8.21. The standard InChI is InChI=1S/C23H27N5/c1-2-6-22(7-3-1)28-17-21(12-25-28)16-27-15-20-8-9-23(27)18-26(14-20)13-19-5-4-10-24-11-19/h1-7,10-12,17,20,23H,8-9,13-16,18H2/t20-,23+/m1/s1. The van der Waals surface area contributed by atoms with Crippen molar-refractivity contribution in [3.63, 3.8) is 0 Å². The van der Waals surface area contributed by atoms with Crippen LogP contribution in [0.1, 0.15) is 24.0 Å². The monoisotopic (exact) mass is 373 g/mol. The summed E-state index contributed by atoms with van der Waals surface area (Å²) in [6.45, 7) is 5.56. The number of benzene rings is 1. The smallest absolute Gasteiger partial charge is 0.0645 e. The van der Waals surface area contributed by atoms with Crippen molar-refractivity contribution < 1.29 is 0 Å². The summed E-state index contributed by atoms with van der Waals surface area (Å²) in [5, 5.41) is 4.58. The van der Waals surface area contributed by atoms with Gasteiger partial charge in [-0.15, -0.1) is 0 Å². The van der Waals surface area contributed by atoms with Crippen molar-refractivity contribution in [2.45, 2.75) is 32.0 Å². The second-order valence-electron chi connectivity index (χ2n) is 8.21. The molecule has 0 amide bonds. The molecular weight excluding hydrogens is 346 g/mol. The van der Waals surface area contributed by atoms with Gasteiger partial charge in [-0.25, -0.2) is 4.68 Å². The van der Waals surface area contributed by atoms with E-state index in [9.17, 15) is 0 Å². The Morgan fingerprint density at radius 1 is 0.857 bits per heavy atom. The zero-order valence-corrected chi connectivity index (χ0v) is 16.2. The fourth-order valence-electron chi connectivity index (χ4n) is 4.75. The minimum absolute atomic E-state index is 0.635. The summed E-state index contributed by atoms with van der Waals surface area (Å²) in [6.07, 6.45) is 10.7. The quantitative estimate of drug-likeness (QED) is 0.687. The number of aromatic nitrogens is 3. The van der Waals surface area contributed by atoms with Crippen molar-refractivity contribution in [3.05, 3.63) is 78.4 Å². The largest absolute Gasteiger partial charge is 0.297 e. The Balaban J connectivity index is 1.26. The van der Waals surface area contributed by atoms with Crippen LogP contribution in [0.15, 0.2) is 67.3 Å². The van der Waals surface area contributed by atoms with Crippen molar-refractivity contribution in [3.8, 4) is 5.69 Å². The number of rotatable bonds is 5. The summed E-state index contributed by atoms with van der Waals surface area (Å²) in [6, 6.07) is 15.2. The van der Waals surface area contributed by atoms with Crippen LogP contribution in [0.25, 0.3) is 5.69 Å². The predicted octanol–water partition coefficient (Wildman–Crippen LogP) is 3.36. The minimum Gasteiger partial charge on any atom is -0.297 e. The van der Waals surface area contributed by atoms with Crippen LogP contribution in [0.3, 0.4) is 0 Å². The Morgan fingerprint density at radius 2 is 1.79 bits per heavy atom. The van der Waals surface area contributed by atoms with Crippen LogP contribution in [0.5, 0.6) is 0 Å². The zero-order chi connectivity index (χ0) is 18.8. The molecule has 5 heteroatoms. The molecular formula is C23H27N5. The molecule has 5 heterocycles. The highest BCUT2D eigenvalue weighted by molar-refractivity contribution is 5.30. The van der Waals surface area contributed by atoms with Crippen LogP contribution in [0, 0.1) is 5.92 Å². The Morgan fingerprint density at radius 3 is 2.64 bits per heavy atom. The van der Waals surface area contributed by atoms with Gasteiger partial charge in [-0.3, -0.25) is 14.8 Å². The van der Waals surface area contributed by atoms with E-state index in [2.05, 4.69) is 56.4 Å². The first-order chi connectivity index (χ1) is 13.8. The molecule has 0 saturated carbocycles. The first kappa shape index (κ1) is 17.6. The van der Waals surface area contributed by atoms with E-state index in [1.54, 1.807) is 0 Å². The van der Waals surface area contributed by atoms with Gasteiger partial charge < -0.3 is 0 Å². The van der Waals surface area contributed by atoms with Crippen LogP contribution in [0.4, 0.5) is 0 Å². The molecule has 5 nitrogen and oxygen atoms in total. The first-order valence-corrected chi connectivity index (χ1v) is 10.3. The van der Waals surface area contributed by atoms with Crippen molar-refractivity contribution in [2.24, 2.45) is 5.92 Å². The summed E-state index contributed by atoms with van der Waals surface area (Å²) in [5.74, 6) is 0.764. The first-order valence-electron chi connectivity index (χ1n) is 10.3. The van der Waals surface area contributed by atoms with Crippen molar-refractivity contribution >= 4 is 0 Å². The van der Waals surface area contributed by atoms with Gasteiger partial charge in [0.15, 0.2) is 0 Å². The molecule has 0 N–H and O–H groups in total. The third-order valence-electron chi connectivity index (χ3n) is 6.07. The molecule has 3 fully saturated rings. The number of para-hydroxylation sites is 1. The number of piperidine rings is 1. The Kier molecular flexibility index (Phi) is 4.93. The van der Waals surface area contributed by atoms with Gasteiger partial charge in [0.25, 0.3) is 0 Å². The maximum Gasteiger partial charge on any atom is 0.0645 e. The number of nitrogens with zero attached hydrogens (tertiary/aromatic N) is 5. The zero-order valence-electron chi connectivity index (χ0n) is 16.2. The van der Waals surface area contributed by atoms with Gasteiger partial charge in [0.1, 0.15) is 0 Å². The van der Waals surface area contributed by atoms with E-state index in [1.165, 1.54) is 37.1 Å². The van der Waals surface area contributed by atoms with Crippen molar-refractivity contribution in [1.82, 2.24) is 24.6 Å². The summed E-state index contributed by atoms with van der Waals surface area (Å²) in [7, 11) is 0. The maximum absolute atomic E-state index is 4.58. The third kappa shape index (κ3) is 3.86. The van der Waals surface area contributed by atoms with E-state index < -0.39 is 0 Å². The lowest BCUT2D eigenvalue weighted by Crippen LogP contribution is -2.43. The molecule has 2 aromatic heterocycles. The highest BCUT2D eigenvalue weighted by Gasteiger charge is 2.34. The number of fused-ring (bicyclic) bond motifs is 4. The van der Waals surface area contributed by atoms with Gasteiger partial charge in [0.05, 0.1) is 11.9 Å². The fourth-order valence-corrected chi connectivity index (χ4v) is 4.75. The molecule has 0 unspecified atom stereocenters. The lowest BCUT2D eigenvalue weighted by Gasteiger charge is -2.35. The minimum atomic E-state index is 0.635. The molecule has 0 spiro atoms. The van der Waals surface area contributed by atoms with Crippen LogP contribution in [-0.4, -0.2) is 50.2 Å².